The molecule has 0 spiro atoms. The molecule has 1 unspecified atom stereocenters. The molecule has 1 aliphatic heterocycles. The molecule has 1 fully saturated rings. The summed E-state index contributed by atoms with van der Waals surface area (Å²) in [5, 5.41) is 8.68. The first-order valence-corrected chi connectivity index (χ1v) is 3.68. The zero-order chi connectivity index (χ0) is 7.61. The average Bonchev–Trinajstić information content (AvgIpc) is 2.48. The average molecular weight is 146 g/mol. The Morgan fingerprint density at radius 3 is 2.60 bits per heavy atom. The Hall–Kier alpha value is -0.120. The molecule has 0 aromatic rings. The summed E-state index contributed by atoms with van der Waals surface area (Å²) in [6.07, 6.45) is 0.460. The van der Waals surface area contributed by atoms with Crippen molar-refractivity contribution in [1.29, 1.82) is 0 Å². The summed E-state index contributed by atoms with van der Waals surface area (Å²) in [6.45, 7) is 3.02. The van der Waals surface area contributed by atoms with Crippen LogP contribution in [0.5, 0.6) is 0 Å². The predicted molar refractivity (Wildman–Crippen MR) is 38.7 cm³/mol. The summed E-state index contributed by atoms with van der Waals surface area (Å²) in [4.78, 5) is 0. The van der Waals surface area contributed by atoms with Crippen LogP contribution in [-0.4, -0.2) is 56.1 Å². The smallest absolute Gasteiger partial charge is 0.130 e. The number of quaternary nitrogens is 1. The van der Waals surface area contributed by atoms with Gasteiger partial charge in [-0.15, -0.1) is 0 Å². The topological polar surface area (TPSA) is 32.8 Å². The van der Waals surface area contributed by atoms with Crippen LogP contribution in [0.25, 0.3) is 0 Å². The van der Waals surface area contributed by atoms with Crippen molar-refractivity contribution in [2.75, 3.05) is 40.4 Å². The van der Waals surface area contributed by atoms with Gasteiger partial charge in [0, 0.05) is 0 Å². The molecule has 1 N–H and O–H groups in total. The number of ether oxygens (including phenoxy) is 1. The van der Waals surface area contributed by atoms with E-state index in [0.717, 1.165) is 24.2 Å². The van der Waals surface area contributed by atoms with Gasteiger partial charge in [0.25, 0.3) is 0 Å². The summed E-state index contributed by atoms with van der Waals surface area (Å²) >= 11 is 0. The molecule has 1 rings (SSSR count). The van der Waals surface area contributed by atoms with Gasteiger partial charge in [-0.2, -0.15) is 0 Å². The van der Waals surface area contributed by atoms with Crippen LogP contribution >= 0.6 is 0 Å². The number of rotatable bonds is 4. The highest BCUT2D eigenvalue weighted by atomic mass is 16.6. The first-order valence-electron chi connectivity index (χ1n) is 3.68. The lowest BCUT2D eigenvalue weighted by Gasteiger charge is -2.27. The Bertz CT molecular complexity index is 110. The highest BCUT2D eigenvalue weighted by Crippen LogP contribution is 2.12. The Balaban J connectivity index is 2.19. The molecule has 0 radical (unpaired) electrons. The van der Waals surface area contributed by atoms with Crippen molar-refractivity contribution in [3.8, 4) is 0 Å². The summed E-state index contributed by atoms with van der Waals surface area (Å²) < 4.78 is 5.96. The molecule has 0 saturated carbocycles. The SMILES string of the molecule is C[N+](C)(CCO)CC1CO1. The lowest BCUT2D eigenvalue weighted by molar-refractivity contribution is -0.891. The standard InChI is InChI=1S/C7H16NO2/c1-8(2,3-4-9)5-7-6-10-7/h7,9H,3-6H2,1-2H3/q+1. The largest absolute Gasteiger partial charge is 0.391 e. The number of aliphatic hydroxyl groups is 1. The zero-order valence-corrected chi connectivity index (χ0v) is 6.71. The summed E-state index contributed by atoms with van der Waals surface area (Å²) in [5.41, 5.74) is 0. The van der Waals surface area contributed by atoms with Gasteiger partial charge in [0.05, 0.1) is 27.3 Å². The molecular weight excluding hydrogens is 130 g/mol. The van der Waals surface area contributed by atoms with Crippen LogP contribution in [0.2, 0.25) is 0 Å². The van der Waals surface area contributed by atoms with Crippen LogP contribution in [-0.2, 0) is 4.74 Å². The summed E-state index contributed by atoms with van der Waals surface area (Å²) in [6, 6.07) is 0. The van der Waals surface area contributed by atoms with E-state index in [2.05, 4.69) is 14.1 Å². The molecule has 0 aromatic carbocycles. The fraction of sp³-hybridized carbons (Fsp3) is 1.00. The third-order valence-corrected chi connectivity index (χ3v) is 1.81. The van der Waals surface area contributed by atoms with Crippen LogP contribution in [0.15, 0.2) is 0 Å². The molecule has 1 atom stereocenters. The van der Waals surface area contributed by atoms with Gasteiger partial charge in [0.1, 0.15) is 19.2 Å². The maximum absolute atomic E-state index is 8.68. The number of aliphatic hydroxyl groups excluding tert-OH is 1. The van der Waals surface area contributed by atoms with E-state index in [4.69, 9.17) is 9.84 Å². The Labute approximate surface area is 61.8 Å². The zero-order valence-electron chi connectivity index (χ0n) is 6.71. The molecule has 1 aliphatic rings. The molecule has 0 bridgehead atoms. The van der Waals surface area contributed by atoms with E-state index in [-0.39, 0.29) is 6.61 Å². The highest BCUT2D eigenvalue weighted by Gasteiger charge is 2.30. The van der Waals surface area contributed by atoms with Crippen molar-refractivity contribution in [2.24, 2.45) is 0 Å². The molecule has 60 valence electrons. The van der Waals surface area contributed by atoms with Gasteiger partial charge >= 0.3 is 0 Å². The summed E-state index contributed by atoms with van der Waals surface area (Å²) in [7, 11) is 4.22. The van der Waals surface area contributed by atoms with Crippen LogP contribution in [0, 0.1) is 0 Å². The maximum atomic E-state index is 8.68. The molecule has 1 heterocycles. The van der Waals surface area contributed by atoms with E-state index in [1.165, 1.54) is 0 Å². The molecule has 0 amide bonds. The number of likely N-dealkylation sites (N-methyl/N-ethyl adjacent to an activating group) is 1. The van der Waals surface area contributed by atoms with Gasteiger partial charge in [-0.3, -0.25) is 0 Å². The molecule has 1 saturated heterocycles. The second-order valence-corrected chi connectivity index (χ2v) is 3.52. The van der Waals surface area contributed by atoms with Gasteiger partial charge in [-0.25, -0.2) is 0 Å². The molecular formula is C7H16NO2+. The second-order valence-electron chi connectivity index (χ2n) is 3.52. The first kappa shape index (κ1) is 7.98. The number of hydrogen-bond donors (Lipinski definition) is 1. The van der Waals surface area contributed by atoms with Crippen LogP contribution in [0.4, 0.5) is 0 Å². The van der Waals surface area contributed by atoms with Crippen LogP contribution in [0.3, 0.4) is 0 Å². The maximum Gasteiger partial charge on any atom is 0.130 e. The quantitative estimate of drug-likeness (QED) is 0.426. The third-order valence-electron chi connectivity index (χ3n) is 1.81. The lowest BCUT2D eigenvalue weighted by atomic mass is 10.3. The third kappa shape index (κ3) is 2.64. The van der Waals surface area contributed by atoms with E-state index in [1.54, 1.807) is 0 Å². The molecule has 0 aliphatic carbocycles. The van der Waals surface area contributed by atoms with Crippen LogP contribution in [0.1, 0.15) is 0 Å². The fourth-order valence-corrected chi connectivity index (χ4v) is 1.09. The Morgan fingerprint density at radius 1 is 1.60 bits per heavy atom. The number of nitrogens with zero attached hydrogens (tertiary/aromatic N) is 1. The van der Waals surface area contributed by atoms with E-state index in [0.29, 0.717) is 6.10 Å². The highest BCUT2D eigenvalue weighted by molar-refractivity contribution is 4.67. The van der Waals surface area contributed by atoms with Crippen molar-refractivity contribution >= 4 is 0 Å². The van der Waals surface area contributed by atoms with Gasteiger partial charge in [0.15, 0.2) is 0 Å². The van der Waals surface area contributed by atoms with Gasteiger partial charge in [-0.05, 0) is 0 Å². The van der Waals surface area contributed by atoms with Gasteiger partial charge < -0.3 is 14.3 Å². The van der Waals surface area contributed by atoms with E-state index >= 15 is 0 Å². The Kier molecular flexibility index (Phi) is 2.28. The summed E-state index contributed by atoms with van der Waals surface area (Å²) in [5.74, 6) is 0. The number of epoxide rings is 1. The Morgan fingerprint density at radius 2 is 2.20 bits per heavy atom. The van der Waals surface area contributed by atoms with Gasteiger partial charge in [0.2, 0.25) is 0 Å². The van der Waals surface area contributed by atoms with Gasteiger partial charge in [-0.1, -0.05) is 0 Å². The lowest BCUT2D eigenvalue weighted by Crippen LogP contribution is -2.44. The normalized spacial score (nSPS) is 24.9. The van der Waals surface area contributed by atoms with Crippen molar-refractivity contribution < 1.29 is 14.3 Å². The minimum Gasteiger partial charge on any atom is -0.391 e. The molecule has 3 nitrogen and oxygen atoms in total. The van der Waals surface area contributed by atoms with Crippen molar-refractivity contribution in [2.45, 2.75) is 6.10 Å². The fourth-order valence-electron chi connectivity index (χ4n) is 1.09. The minimum absolute atomic E-state index is 0.264. The van der Waals surface area contributed by atoms with Crippen molar-refractivity contribution in [1.82, 2.24) is 0 Å². The van der Waals surface area contributed by atoms with E-state index in [1.807, 2.05) is 0 Å². The van der Waals surface area contributed by atoms with Crippen molar-refractivity contribution in [3.05, 3.63) is 0 Å². The van der Waals surface area contributed by atoms with E-state index < -0.39 is 0 Å². The van der Waals surface area contributed by atoms with E-state index in [9.17, 15) is 0 Å². The first-order chi connectivity index (χ1) is 4.64. The monoisotopic (exact) mass is 146 g/mol. The molecule has 0 aromatic heterocycles. The van der Waals surface area contributed by atoms with Crippen LogP contribution < -0.4 is 0 Å². The minimum atomic E-state index is 0.264. The second kappa shape index (κ2) is 2.86. The molecule has 10 heavy (non-hydrogen) atoms. The van der Waals surface area contributed by atoms with Crippen molar-refractivity contribution in [3.63, 3.8) is 0 Å². The predicted octanol–water partition coefficient (Wildman–Crippen LogP) is -0.546. The number of hydrogen-bond acceptors (Lipinski definition) is 2. The molecule has 3 heteroatoms.